The van der Waals surface area contributed by atoms with Gasteiger partial charge in [0.15, 0.2) is 0 Å². The molecule has 0 aliphatic carbocycles. The van der Waals surface area contributed by atoms with Gasteiger partial charge in [-0.25, -0.2) is 0 Å². The first-order chi connectivity index (χ1) is 14.3. The van der Waals surface area contributed by atoms with Crippen LogP contribution >= 0.6 is 24.0 Å². The van der Waals surface area contributed by atoms with E-state index in [2.05, 4.69) is 0 Å². The predicted octanol–water partition coefficient (Wildman–Crippen LogP) is 4.70. The molecule has 0 spiro atoms. The summed E-state index contributed by atoms with van der Waals surface area (Å²) in [7, 11) is 0. The zero-order valence-corrected chi connectivity index (χ0v) is 17.4. The number of nitrogens with zero attached hydrogens (tertiary/aromatic N) is 2. The van der Waals surface area contributed by atoms with E-state index in [1.54, 1.807) is 30.3 Å². The van der Waals surface area contributed by atoms with Crippen molar-refractivity contribution in [2.24, 2.45) is 0 Å². The number of benzene rings is 1. The van der Waals surface area contributed by atoms with Crippen molar-refractivity contribution in [1.29, 1.82) is 0 Å². The summed E-state index contributed by atoms with van der Waals surface area (Å²) in [5.74, 6) is -0.0121. The first-order valence-electron chi connectivity index (χ1n) is 9.17. The molecule has 1 aliphatic heterocycles. The van der Waals surface area contributed by atoms with E-state index in [4.69, 9.17) is 21.7 Å². The van der Waals surface area contributed by atoms with Gasteiger partial charge in [-0.05, 0) is 37.1 Å². The van der Waals surface area contributed by atoms with E-state index in [-0.39, 0.29) is 18.0 Å². The van der Waals surface area contributed by atoms with Crippen LogP contribution in [-0.2, 0) is 9.59 Å². The Morgan fingerprint density at radius 2 is 1.93 bits per heavy atom. The zero-order chi connectivity index (χ0) is 21.7. The second-order valence-corrected chi connectivity index (χ2v) is 8.22. The Morgan fingerprint density at radius 1 is 1.20 bits per heavy atom. The van der Waals surface area contributed by atoms with Crippen LogP contribution < -0.4 is 0 Å². The molecule has 10 heteroatoms. The SMILES string of the molecule is O=C(O)CCCCCN1C(=O)C(=Cc2ccc(-c3ccc([N+](=O)[O-])cc3)o2)SC1=S. The van der Waals surface area contributed by atoms with Gasteiger partial charge >= 0.3 is 5.97 Å². The molecule has 1 aliphatic rings. The number of carbonyl (C=O) groups excluding carboxylic acids is 1. The first-order valence-corrected chi connectivity index (χ1v) is 10.4. The lowest BCUT2D eigenvalue weighted by atomic mass is 10.1. The number of furan rings is 1. The molecule has 2 aromatic rings. The van der Waals surface area contributed by atoms with Crippen LogP contribution in [0.2, 0.25) is 0 Å². The molecule has 1 fully saturated rings. The standard InChI is InChI=1S/C20H18N2O6S2/c23-18(24)4-2-1-3-11-21-19(25)17(30-20(21)29)12-15-9-10-16(28-15)13-5-7-14(8-6-13)22(26)27/h5-10,12H,1-4,11H2,(H,23,24). The minimum atomic E-state index is -0.824. The van der Waals surface area contributed by atoms with E-state index in [1.165, 1.54) is 28.8 Å². The van der Waals surface area contributed by atoms with Crippen molar-refractivity contribution >= 4 is 51.9 Å². The van der Waals surface area contributed by atoms with Crippen LogP contribution in [0, 0.1) is 10.1 Å². The van der Waals surface area contributed by atoms with Gasteiger partial charge in [0.25, 0.3) is 11.6 Å². The van der Waals surface area contributed by atoms with E-state index in [0.29, 0.717) is 52.1 Å². The van der Waals surface area contributed by atoms with Crippen LogP contribution in [0.15, 0.2) is 45.7 Å². The van der Waals surface area contributed by atoms with Crippen LogP contribution in [0.5, 0.6) is 0 Å². The van der Waals surface area contributed by atoms with Crippen LogP contribution in [0.3, 0.4) is 0 Å². The Kier molecular flexibility index (Phi) is 7.01. The van der Waals surface area contributed by atoms with Crippen LogP contribution in [0.25, 0.3) is 17.4 Å². The van der Waals surface area contributed by atoms with Crippen molar-refractivity contribution in [3.63, 3.8) is 0 Å². The summed E-state index contributed by atoms with van der Waals surface area (Å²) < 4.78 is 6.22. The topological polar surface area (TPSA) is 114 Å². The third-order valence-corrected chi connectivity index (χ3v) is 5.79. The third-order valence-electron chi connectivity index (χ3n) is 4.41. The van der Waals surface area contributed by atoms with Crippen LogP contribution in [-0.4, -0.2) is 37.7 Å². The number of hydrogen-bond donors (Lipinski definition) is 1. The molecule has 1 amide bonds. The fourth-order valence-electron chi connectivity index (χ4n) is 2.88. The Balaban J connectivity index is 1.63. The molecule has 8 nitrogen and oxygen atoms in total. The maximum Gasteiger partial charge on any atom is 0.303 e. The van der Waals surface area contributed by atoms with Crippen molar-refractivity contribution in [2.45, 2.75) is 25.7 Å². The number of nitro benzene ring substituents is 1. The minimum Gasteiger partial charge on any atom is -0.481 e. The van der Waals surface area contributed by atoms with Gasteiger partial charge in [0.05, 0.1) is 9.83 Å². The number of hydrogen-bond acceptors (Lipinski definition) is 7. The summed E-state index contributed by atoms with van der Waals surface area (Å²) in [6.07, 6.45) is 3.70. The summed E-state index contributed by atoms with van der Waals surface area (Å²) >= 11 is 6.49. The van der Waals surface area contributed by atoms with Gasteiger partial charge in [-0.1, -0.05) is 30.4 Å². The van der Waals surface area contributed by atoms with Crippen LogP contribution in [0.1, 0.15) is 31.4 Å². The number of carboxylic acid groups (broad SMARTS) is 1. The lowest BCUT2D eigenvalue weighted by molar-refractivity contribution is -0.384. The molecular weight excluding hydrogens is 428 g/mol. The molecule has 1 aromatic carbocycles. The normalized spacial score (nSPS) is 15.2. The third kappa shape index (κ3) is 5.33. The van der Waals surface area contributed by atoms with Crippen molar-refractivity contribution < 1.29 is 24.0 Å². The molecule has 30 heavy (non-hydrogen) atoms. The quantitative estimate of drug-likeness (QED) is 0.194. The number of thiocarbonyl (C=S) groups is 1. The van der Waals surface area contributed by atoms with E-state index >= 15 is 0 Å². The van der Waals surface area contributed by atoms with Crippen molar-refractivity contribution in [3.05, 3.63) is 57.2 Å². The maximum atomic E-state index is 12.6. The predicted molar refractivity (Wildman–Crippen MR) is 117 cm³/mol. The van der Waals surface area contributed by atoms with Gasteiger partial charge in [0, 0.05) is 36.7 Å². The molecule has 0 atom stereocenters. The number of rotatable bonds is 9. The summed E-state index contributed by atoms with van der Waals surface area (Å²) in [4.78, 5) is 35.4. The Bertz CT molecular complexity index is 1010. The fraction of sp³-hybridized carbons (Fsp3) is 0.250. The summed E-state index contributed by atoms with van der Waals surface area (Å²) in [5, 5.41) is 19.4. The van der Waals surface area contributed by atoms with E-state index in [9.17, 15) is 19.7 Å². The van der Waals surface area contributed by atoms with E-state index in [0.717, 1.165) is 0 Å². The van der Waals surface area contributed by atoms with Gasteiger partial charge in [0.2, 0.25) is 0 Å². The summed E-state index contributed by atoms with van der Waals surface area (Å²) in [6.45, 7) is 0.452. The number of amides is 1. The lowest BCUT2D eigenvalue weighted by Gasteiger charge is -2.13. The largest absolute Gasteiger partial charge is 0.481 e. The van der Waals surface area contributed by atoms with Gasteiger partial charge in [-0.2, -0.15) is 0 Å². The number of non-ortho nitro benzene ring substituents is 1. The highest BCUT2D eigenvalue weighted by Crippen LogP contribution is 2.34. The van der Waals surface area contributed by atoms with Crippen molar-refractivity contribution in [3.8, 4) is 11.3 Å². The fourth-order valence-corrected chi connectivity index (χ4v) is 4.17. The average molecular weight is 447 g/mol. The molecule has 2 heterocycles. The molecule has 0 saturated carbocycles. The van der Waals surface area contributed by atoms with Crippen molar-refractivity contribution in [1.82, 2.24) is 4.90 Å². The number of aliphatic carboxylic acids is 1. The van der Waals surface area contributed by atoms with Crippen LogP contribution in [0.4, 0.5) is 5.69 Å². The number of carboxylic acids is 1. The van der Waals surface area contributed by atoms with Gasteiger partial charge in [0.1, 0.15) is 15.8 Å². The number of carbonyl (C=O) groups is 2. The smallest absolute Gasteiger partial charge is 0.303 e. The lowest BCUT2D eigenvalue weighted by Crippen LogP contribution is -2.29. The van der Waals surface area contributed by atoms with E-state index < -0.39 is 10.9 Å². The summed E-state index contributed by atoms with van der Waals surface area (Å²) in [5.41, 5.74) is 0.686. The van der Waals surface area contributed by atoms with Crippen molar-refractivity contribution in [2.75, 3.05) is 6.54 Å². The molecule has 0 radical (unpaired) electrons. The molecule has 0 bridgehead atoms. The zero-order valence-electron chi connectivity index (χ0n) is 15.8. The van der Waals surface area contributed by atoms with Gasteiger partial charge in [-0.3, -0.25) is 24.6 Å². The molecule has 1 N–H and O–H groups in total. The average Bonchev–Trinajstić information content (AvgIpc) is 3.27. The highest BCUT2D eigenvalue weighted by atomic mass is 32.2. The minimum absolute atomic E-state index is 0.00263. The Labute approximate surface area is 181 Å². The highest BCUT2D eigenvalue weighted by Gasteiger charge is 2.31. The maximum absolute atomic E-state index is 12.6. The second-order valence-electron chi connectivity index (χ2n) is 6.54. The molecule has 156 valence electrons. The molecular formula is C20H18N2O6S2. The number of thioether (sulfide) groups is 1. The van der Waals surface area contributed by atoms with Gasteiger partial charge < -0.3 is 9.52 Å². The second kappa shape index (κ2) is 9.68. The highest BCUT2D eigenvalue weighted by molar-refractivity contribution is 8.26. The van der Waals surface area contributed by atoms with Gasteiger partial charge in [-0.15, -0.1) is 0 Å². The number of nitro groups is 1. The summed E-state index contributed by atoms with van der Waals surface area (Å²) in [6, 6.07) is 9.46. The van der Waals surface area contributed by atoms with E-state index in [1.807, 2.05) is 0 Å². The molecule has 1 saturated heterocycles. The monoisotopic (exact) mass is 446 g/mol. The Morgan fingerprint density at radius 3 is 2.60 bits per heavy atom. The number of unbranched alkanes of at least 4 members (excludes halogenated alkanes) is 2. The molecule has 3 rings (SSSR count). The first kappa shape index (κ1) is 21.7. The molecule has 0 unspecified atom stereocenters. The molecule has 1 aromatic heterocycles. The Hall–Kier alpha value is -2.98.